The zero-order valence-corrected chi connectivity index (χ0v) is 11.2. The Morgan fingerprint density at radius 1 is 1.47 bits per heavy atom. The molecule has 0 saturated carbocycles. The molecule has 0 saturated heterocycles. The van der Waals surface area contributed by atoms with Gasteiger partial charge in [-0.25, -0.2) is 9.59 Å². The Morgan fingerprint density at radius 2 is 2.12 bits per heavy atom. The molecule has 1 atom stereocenters. The zero-order valence-electron chi connectivity index (χ0n) is 10.3. The molecule has 17 heavy (non-hydrogen) atoms. The number of hydrogen-bond acceptors (Lipinski definition) is 3. The van der Waals surface area contributed by atoms with Crippen molar-refractivity contribution in [2.24, 2.45) is 0 Å². The molecule has 0 fully saturated rings. The van der Waals surface area contributed by atoms with Gasteiger partial charge in [-0.15, -0.1) is 0 Å². The van der Waals surface area contributed by atoms with Crippen molar-refractivity contribution in [3.8, 4) is 0 Å². The van der Waals surface area contributed by atoms with Crippen LogP contribution in [0.25, 0.3) is 0 Å². The Hall–Kier alpha value is -1.52. The maximum Gasteiger partial charge on any atom is 0.319 e. The monoisotopic (exact) mass is 256 g/mol. The highest BCUT2D eigenvalue weighted by Crippen LogP contribution is 2.44. The molecule has 6 heteroatoms. The van der Waals surface area contributed by atoms with Crippen molar-refractivity contribution in [3.05, 3.63) is 21.3 Å². The van der Waals surface area contributed by atoms with Gasteiger partial charge in [-0.2, -0.15) is 0 Å². The van der Waals surface area contributed by atoms with Crippen molar-refractivity contribution >= 4 is 21.7 Å². The van der Waals surface area contributed by atoms with E-state index in [0.29, 0.717) is 17.4 Å². The molecule has 5 nitrogen and oxygen atoms in total. The zero-order chi connectivity index (χ0) is 13.0. The van der Waals surface area contributed by atoms with E-state index in [9.17, 15) is 9.59 Å². The van der Waals surface area contributed by atoms with Crippen LogP contribution in [0.1, 0.15) is 20.8 Å². The average molecular weight is 256 g/mol. The second kappa shape index (κ2) is 5.70. The van der Waals surface area contributed by atoms with Crippen LogP contribution in [0.3, 0.4) is 0 Å². The average Bonchev–Trinajstić information content (AvgIpc) is 2.54. The van der Waals surface area contributed by atoms with Crippen LogP contribution in [0.15, 0.2) is 21.3 Å². The van der Waals surface area contributed by atoms with Gasteiger partial charge in [0.2, 0.25) is 0 Å². The molecule has 1 aliphatic heterocycles. The molecule has 94 valence electrons. The van der Waals surface area contributed by atoms with Gasteiger partial charge in [0.25, 0.3) is 0 Å². The molecule has 2 amide bonds. The molecule has 0 aliphatic carbocycles. The van der Waals surface area contributed by atoms with Crippen LogP contribution in [-0.4, -0.2) is 24.9 Å². The lowest BCUT2D eigenvalue weighted by Gasteiger charge is -2.10. The standard InChI is InChI=1S/C11H16N2O3S/c1-5-16-9-7(2)8(3)17(6-14)10(9)13-11(15)12-4/h5H2,1-4H3,(H2,12,13,15). The third-order valence-electron chi connectivity index (χ3n) is 2.41. The van der Waals surface area contributed by atoms with Crippen LogP contribution >= 0.6 is 10.5 Å². The van der Waals surface area contributed by atoms with Gasteiger partial charge in [0.05, 0.1) is 6.61 Å². The molecule has 0 radical (unpaired) electrons. The Labute approximate surface area is 103 Å². The third-order valence-corrected chi connectivity index (χ3v) is 4.19. The first kappa shape index (κ1) is 13.5. The van der Waals surface area contributed by atoms with E-state index in [-0.39, 0.29) is 6.03 Å². The van der Waals surface area contributed by atoms with E-state index in [1.807, 2.05) is 26.0 Å². The van der Waals surface area contributed by atoms with Gasteiger partial charge in [0.15, 0.2) is 11.0 Å². The van der Waals surface area contributed by atoms with Crippen molar-refractivity contribution in [2.75, 3.05) is 13.7 Å². The van der Waals surface area contributed by atoms with Crippen LogP contribution in [0.2, 0.25) is 0 Å². The molecule has 1 aliphatic rings. The van der Waals surface area contributed by atoms with Crippen molar-refractivity contribution in [1.29, 1.82) is 0 Å². The number of allylic oxidation sites excluding steroid dienone is 2. The molecule has 1 unspecified atom stereocenters. The molecule has 1 heterocycles. The molecule has 0 aromatic carbocycles. The number of amides is 2. The Bertz CT molecular complexity index is 459. The second-order valence-corrected chi connectivity index (χ2v) is 5.17. The quantitative estimate of drug-likeness (QED) is 0.756. The van der Waals surface area contributed by atoms with E-state index in [0.717, 1.165) is 10.5 Å². The summed E-state index contributed by atoms with van der Waals surface area (Å²) in [6, 6.07) is -0.368. The minimum absolute atomic E-state index is 0.368. The Kier molecular flexibility index (Phi) is 4.54. The van der Waals surface area contributed by atoms with Crippen molar-refractivity contribution in [3.63, 3.8) is 0 Å². The summed E-state index contributed by atoms with van der Waals surface area (Å²) >= 11 is 0. The van der Waals surface area contributed by atoms with Gasteiger partial charge >= 0.3 is 6.03 Å². The number of carbonyl (C=O) groups excluding carboxylic acids is 2. The van der Waals surface area contributed by atoms with E-state index >= 15 is 0 Å². The smallest absolute Gasteiger partial charge is 0.319 e. The lowest BCUT2D eigenvalue weighted by Crippen LogP contribution is -2.32. The highest BCUT2D eigenvalue weighted by molar-refractivity contribution is 8.21. The number of carbonyl (C=O) groups is 1. The molecular formula is C11H16N2O3S. The Balaban J connectivity index is 3.19. The second-order valence-electron chi connectivity index (χ2n) is 3.37. The number of urea groups is 1. The number of nitrogens with one attached hydrogen (secondary N) is 2. The van der Waals surface area contributed by atoms with Crippen molar-refractivity contribution in [1.82, 2.24) is 10.6 Å². The first-order chi connectivity index (χ1) is 8.06. The first-order valence-corrected chi connectivity index (χ1v) is 6.45. The topological polar surface area (TPSA) is 67.4 Å². The van der Waals surface area contributed by atoms with Gasteiger partial charge in [-0.05, 0) is 36.2 Å². The minimum atomic E-state index is -0.844. The normalized spacial score (nSPS) is 19.2. The number of ether oxygens (including phenoxy) is 1. The van der Waals surface area contributed by atoms with E-state index < -0.39 is 10.5 Å². The van der Waals surface area contributed by atoms with Gasteiger partial charge in [-0.1, -0.05) is 0 Å². The van der Waals surface area contributed by atoms with Crippen LogP contribution in [0.5, 0.6) is 0 Å². The molecular weight excluding hydrogens is 240 g/mol. The summed E-state index contributed by atoms with van der Waals surface area (Å²) in [6.45, 7) is 6.06. The molecule has 0 bridgehead atoms. The first-order valence-electron chi connectivity index (χ1n) is 5.22. The van der Waals surface area contributed by atoms with E-state index in [1.165, 1.54) is 7.05 Å². The summed E-state index contributed by atoms with van der Waals surface area (Å²) in [5, 5.41) is 7.53. The van der Waals surface area contributed by atoms with Gasteiger partial charge in [0.1, 0.15) is 5.03 Å². The van der Waals surface area contributed by atoms with Gasteiger partial charge < -0.3 is 10.1 Å². The highest BCUT2D eigenvalue weighted by atomic mass is 32.2. The Morgan fingerprint density at radius 3 is 2.59 bits per heavy atom. The van der Waals surface area contributed by atoms with Crippen LogP contribution in [0.4, 0.5) is 4.79 Å². The minimum Gasteiger partial charge on any atom is -0.491 e. The number of rotatable bonds is 3. The summed E-state index contributed by atoms with van der Waals surface area (Å²) in [5.74, 6) is 0.584. The molecule has 0 spiro atoms. The van der Waals surface area contributed by atoms with Gasteiger partial charge in [0, 0.05) is 12.6 Å². The van der Waals surface area contributed by atoms with Crippen LogP contribution < -0.4 is 10.6 Å². The molecule has 0 aromatic rings. The summed E-state index contributed by atoms with van der Waals surface area (Å²) in [7, 11) is 0.671. The summed E-state index contributed by atoms with van der Waals surface area (Å²) in [4.78, 5) is 23.2. The van der Waals surface area contributed by atoms with Crippen molar-refractivity contribution < 1.29 is 14.3 Å². The molecule has 0 aromatic heterocycles. The maximum absolute atomic E-state index is 11.3. The third kappa shape index (κ3) is 2.60. The number of hydrogen-bond donors (Lipinski definition) is 2. The van der Waals surface area contributed by atoms with E-state index in [1.54, 1.807) is 0 Å². The SMILES string of the molecule is CCOC1=C(NC(=O)NC)S(=C=O)C(C)=C1C. The fraction of sp³-hybridized carbons (Fsp3) is 0.455. The van der Waals surface area contributed by atoms with Crippen LogP contribution in [-0.2, 0) is 9.53 Å². The maximum atomic E-state index is 11.3. The predicted octanol–water partition coefficient (Wildman–Crippen LogP) is 1.76. The summed E-state index contributed by atoms with van der Waals surface area (Å²) in [6.07, 6.45) is 0. The van der Waals surface area contributed by atoms with Crippen molar-refractivity contribution in [2.45, 2.75) is 20.8 Å². The highest BCUT2D eigenvalue weighted by Gasteiger charge is 2.27. The van der Waals surface area contributed by atoms with E-state index in [4.69, 9.17) is 4.74 Å². The molecule has 1 rings (SSSR count). The summed E-state index contributed by atoms with van der Waals surface area (Å²) in [5.41, 5.74) is 0.893. The lowest BCUT2D eigenvalue weighted by atomic mass is 10.2. The summed E-state index contributed by atoms with van der Waals surface area (Å²) < 4.78 is 5.48. The van der Waals surface area contributed by atoms with Gasteiger partial charge in [-0.3, -0.25) is 5.32 Å². The fourth-order valence-corrected chi connectivity index (χ4v) is 2.93. The largest absolute Gasteiger partial charge is 0.491 e. The van der Waals surface area contributed by atoms with Crippen LogP contribution in [0, 0.1) is 0 Å². The predicted molar refractivity (Wildman–Crippen MR) is 67.9 cm³/mol. The van der Waals surface area contributed by atoms with E-state index in [2.05, 4.69) is 10.6 Å². The lowest BCUT2D eigenvalue weighted by molar-refractivity contribution is 0.231. The fourth-order valence-electron chi connectivity index (χ4n) is 1.42. The molecule has 2 N–H and O–H groups in total.